The first-order chi connectivity index (χ1) is 16.5. The zero-order valence-electron chi connectivity index (χ0n) is 21.2. The number of nitrogens with one attached hydrogen (secondary N) is 1. The molecule has 0 aliphatic heterocycles. The Balaban J connectivity index is 1.94. The third-order valence-corrected chi connectivity index (χ3v) is 6.09. The molecule has 188 valence electrons. The molecule has 3 aromatic rings. The number of carbonyl (C=O) groups is 1. The number of halogens is 1. The van der Waals surface area contributed by atoms with E-state index in [2.05, 4.69) is 23.5 Å². The Morgan fingerprint density at radius 3 is 2.63 bits per heavy atom. The van der Waals surface area contributed by atoms with Crippen LogP contribution >= 0.6 is 11.9 Å². The van der Waals surface area contributed by atoms with Crippen LogP contribution in [0.1, 0.15) is 32.0 Å². The standard InChI is InChI=1S/C27H34FN3O3S/c1-18-25(20-8-7-9-22(15-20)35-30(5)6)23-14-19(17-32)10-11-24(23)31(18)16-21(28)12-13-29-26(33)34-27(2,3)4/h7-12,14-15,32H,13,16-17H2,1-6H3,(H,29,33)/b21-12-. The van der Waals surface area contributed by atoms with Crippen molar-refractivity contribution in [1.82, 2.24) is 14.2 Å². The number of aromatic nitrogens is 1. The van der Waals surface area contributed by atoms with E-state index < -0.39 is 11.7 Å². The van der Waals surface area contributed by atoms with E-state index >= 15 is 0 Å². The van der Waals surface area contributed by atoms with Crippen LogP contribution in [0, 0.1) is 6.92 Å². The molecule has 0 atom stereocenters. The van der Waals surface area contributed by atoms with Gasteiger partial charge in [-0.1, -0.05) is 18.2 Å². The zero-order valence-corrected chi connectivity index (χ0v) is 22.0. The molecule has 2 N–H and O–H groups in total. The fourth-order valence-electron chi connectivity index (χ4n) is 3.89. The Kier molecular flexibility index (Phi) is 8.64. The van der Waals surface area contributed by atoms with Gasteiger partial charge >= 0.3 is 6.09 Å². The lowest BCUT2D eigenvalue weighted by Crippen LogP contribution is -2.32. The molecule has 0 aliphatic rings. The number of fused-ring (bicyclic) bond motifs is 1. The molecule has 0 fully saturated rings. The second kappa shape index (κ2) is 11.3. The van der Waals surface area contributed by atoms with Gasteiger partial charge in [0.05, 0.1) is 13.2 Å². The summed E-state index contributed by atoms with van der Waals surface area (Å²) in [5, 5.41) is 13.2. The number of nitrogens with zero attached hydrogens (tertiary/aromatic N) is 2. The first-order valence-corrected chi connectivity index (χ1v) is 12.3. The minimum atomic E-state index is -0.611. The van der Waals surface area contributed by atoms with Gasteiger partial charge in [0.1, 0.15) is 11.4 Å². The summed E-state index contributed by atoms with van der Waals surface area (Å²) >= 11 is 1.63. The van der Waals surface area contributed by atoms with Gasteiger partial charge in [-0.05, 0) is 95.2 Å². The fourth-order valence-corrected chi connectivity index (χ4v) is 4.63. The first kappa shape index (κ1) is 26.8. The normalized spacial score (nSPS) is 12.4. The molecule has 0 aliphatic carbocycles. The molecule has 0 unspecified atom stereocenters. The van der Waals surface area contributed by atoms with Crippen LogP contribution in [0.5, 0.6) is 0 Å². The summed E-state index contributed by atoms with van der Waals surface area (Å²) in [6.45, 7) is 7.30. The highest BCUT2D eigenvalue weighted by Crippen LogP contribution is 2.37. The Morgan fingerprint density at radius 1 is 1.23 bits per heavy atom. The lowest BCUT2D eigenvalue weighted by Gasteiger charge is -2.19. The van der Waals surface area contributed by atoms with Crippen molar-refractivity contribution in [1.29, 1.82) is 0 Å². The summed E-state index contributed by atoms with van der Waals surface area (Å²) in [5.74, 6) is -0.365. The molecule has 35 heavy (non-hydrogen) atoms. The van der Waals surface area contributed by atoms with E-state index in [4.69, 9.17) is 4.74 Å². The zero-order chi connectivity index (χ0) is 25.8. The van der Waals surface area contributed by atoms with Crippen molar-refractivity contribution in [3.63, 3.8) is 0 Å². The van der Waals surface area contributed by atoms with Crippen LogP contribution in [0.2, 0.25) is 0 Å². The summed E-state index contributed by atoms with van der Waals surface area (Å²) in [4.78, 5) is 12.9. The van der Waals surface area contributed by atoms with Gasteiger partial charge in [-0.2, -0.15) is 0 Å². The number of aliphatic hydroxyl groups is 1. The van der Waals surface area contributed by atoms with Gasteiger partial charge in [0.25, 0.3) is 0 Å². The van der Waals surface area contributed by atoms with Crippen LogP contribution in [0.4, 0.5) is 9.18 Å². The van der Waals surface area contributed by atoms with Crippen molar-refractivity contribution in [2.45, 2.75) is 51.3 Å². The number of ether oxygens (including phenoxy) is 1. The molecular weight excluding hydrogens is 465 g/mol. The second-order valence-electron chi connectivity index (χ2n) is 9.52. The van der Waals surface area contributed by atoms with Crippen LogP contribution in [-0.4, -0.2) is 46.3 Å². The summed E-state index contributed by atoms with van der Waals surface area (Å²) in [6.07, 6.45) is 0.768. The fraction of sp³-hybridized carbons (Fsp3) is 0.370. The van der Waals surface area contributed by atoms with Crippen LogP contribution in [0.25, 0.3) is 22.0 Å². The van der Waals surface area contributed by atoms with Gasteiger partial charge in [-0.15, -0.1) is 0 Å². The third-order valence-electron chi connectivity index (χ3n) is 5.26. The van der Waals surface area contributed by atoms with Gasteiger partial charge in [0, 0.05) is 33.6 Å². The molecule has 0 bridgehead atoms. The second-order valence-corrected chi connectivity index (χ2v) is 10.9. The Labute approximate surface area is 210 Å². The highest BCUT2D eigenvalue weighted by Gasteiger charge is 2.18. The minimum Gasteiger partial charge on any atom is -0.444 e. The number of hydrogen-bond donors (Lipinski definition) is 2. The van der Waals surface area contributed by atoms with Crippen LogP contribution in [-0.2, 0) is 17.9 Å². The van der Waals surface area contributed by atoms with Gasteiger partial charge in [0.15, 0.2) is 0 Å². The van der Waals surface area contributed by atoms with E-state index in [0.29, 0.717) is 0 Å². The van der Waals surface area contributed by atoms with Gasteiger partial charge in [-0.3, -0.25) is 4.31 Å². The van der Waals surface area contributed by atoms with Crippen molar-refractivity contribution in [2.24, 2.45) is 0 Å². The topological polar surface area (TPSA) is 66.7 Å². The predicted octanol–water partition coefficient (Wildman–Crippen LogP) is 6.06. The third kappa shape index (κ3) is 7.10. The van der Waals surface area contributed by atoms with Crippen molar-refractivity contribution >= 4 is 28.9 Å². The quantitative estimate of drug-likeness (QED) is 0.369. The molecule has 8 heteroatoms. The number of benzene rings is 2. The largest absolute Gasteiger partial charge is 0.444 e. The minimum absolute atomic E-state index is 0.0307. The molecule has 0 saturated carbocycles. The summed E-state index contributed by atoms with van der Waals surface area (Å²) in [5.41, 5.74) is 4.03. The van der Waals surface area contributed by atoms with Crippen LogP contribution in [0.3, 0.4) is 0 Å². The number of carbonyl (C=O) groups excluding carboxylic acids is 1. The summed E-state index contributed by atoms with van der Waals surface area (Å²) < 4.78 is 24.1. The van der Waals surface area contributed by atoms with Crippen molar-refractivity contribution in [2.75, 3.05) is 20.6 Å². The highest BCUT2D eigenvalue weighted by atomic mass is 32.2. The molecule has 6 nitrogen and oxygen atoms in total. The molecule has 2 aromatic carbocycles. The predicted molar refractivity (Wildman–Crippen MR) is 141 cm³/mol. The Morgan fingerprint density at radius 2 is 1.97 bits per heavy atom. The van der Waals surface area contributed by atoms with Gasteiger partial charge in [-0.25, -0.2) is 9.18 Å². The van der Waals surface area contributed by atoms with Crippen LogP contribution < -0.4 is 5.32 Å². The first-order valence-electron chi connectivity index (χ1n) is 11.5. The average Bonchev–Trinajstić information content (AvgIpc) is 3.02. The number of alkyl carbamates (subject to hydrolysis) is 1. The van der Waals surface area contributed by atoms with E-state index in [9.17, 15) is 14.3 Å². The van der Waals surface area contributed by atoms with E-state index in [-0.39, 0.29) is 25.5 Å². The van der Waals surface area contributed by atoms with Gasteiger partial charge in [0.2, 0.25) is 0 Å². The smallest absolute Gasteiger partial charge is 0.407 e. The highest BCUT2D eigenvalue weighted by molar-refractivity contribution is 7.97. The van der Waals surface area contributed by atoms with E-state index in [1.807, 2.05) is 54.2 Å². The monoisotopic (exact) mass is 499 g/mol. The maximum atomic E-state index is 14.9. The van der Waals surface area contributed by atoms with E-state index in [0.717, 1.165) is 38.2 Å². The number of allylic oxidation sites excluding steroid dienone is 1. The number of aliphatic hydroxyl groups excluding tert-OH is 1. The molecule has 1 amide bonds. The number of amides is 1. The van der Waals surface area contributed by atoms with E-state index in [1.165, 1.54) is 6.08 Å². The Bertz CT molecular complexity index is 1230. The summed E-state index contributed by atoms with van der Waals surface area (Å²) in [6, 6.07) is 14.0. The maximum absolute atomic E-state index is 14.9. The molecule has 3 rings (SSSR count). The number of hydrogen-bond acceptors (Lipinski definition) is 5. The molecule has 0 spiro atoms. The summed E-state index contributed by atoms with van der Waals surface area (Å²) in [7, 11) is 3.99. The maximum Gasteiger partial charge on any atom is 0.407 e. The molecule has 0 saturated heterocycles. The van der Waals surface area contributed by atoms with Crippen molar-refractivity contribution < 1.29 is 19.0 Å². The average molecular weight is 500 g/mol. The molecular formula is C27H34FN3O3S. The van der Waals surface area contributed by atoms with Crippen LogP contribution in [0.15, 0.2) is 59.3 Å². The molecule has 1 heterocycles. The van der Waals surface area contributed by atoms with E-state index in [1.54, 1.807) is 32.7 Å². The number of rotatable bonds is 8. The lowest BCUT2D eigenvalue weighted by molar-refractivity contribution is 0.0534. The SMILES string of the molecule is Cc1c(-c2cccc(SN(C)C)c2)c2cc(CO)ccc2n1C/C(F)=C/CNC(=O)OC(C)(C)C. The van der Waals surface area contributed by atoms with Crippen molar-refractivity contribution in [3.8, 4) is 11.1 Å². The lowest BCUT2D eigenvalue weighted by atomic mass is 10.0. The molecule has 0 radical (unpaired) electrons. The Hall–Kier alpha value is -2.81. The van der Waals surface area contributed by atoms with Crippen molar-refractivity contribution in [3.05, 3.63) is 65.6 Å². The van der Waals surface area contributed by atoms with Gasteiger partial charge < -0.3 is 19.7 Å². The molecule has 1 aromatic heterocycles.